The van der Waals surface area contributed by atoms with Gasteiger partial charge in [0.15, 0.2) is 6.10 Å². The monoisotopic (exact) mass is 360 g/mol. The first kappa shape index (κ1) is 16.7. The first-order valence-corrected chi connectivity index (χ1v) is 7.97. The Kier molecular flexibility index (Phi) is 5.00. The van der Waals surface area contributed by atoms with Crippen LogP contribution in [0.3, 0.4) is 0 Å². The van der Waals surface area contributed by atoms with Crippen molar-refractivity contribution in [2.24, 2.45) is 0 Å². The SMILES string of the molecule is COC(C(=O)Nc1cncc2ccccc12)c1ccc(Cl)c(Cl)c1. The number of fused-ring (bicyclic) bond motifs is 1. The van der Waals surface area contributed by atoms with Crippen LogP contribution in [-0.4, -0.2) is 18.0 Å². The molecule has 24 heavy (non-hydrogen) atoms. The predicted octanol–water partition coefficient (Wildman–Crippen LogP) is 4.87. The van der Waals surface area contributed by atoms with Crippen LogP contribution >= 0.6 is 23.2 Å². The topological polar surface area (TPSA) is 51.2 Å². The fourth-order valence-corrected chi connectivity index (χ4v) is 2.79. The summed E-state index contributed by atoms with van der Waals surface area (Å²) in [5.41, 5.74) is 1.25. The number of aromatic nitrogens is 1. The van der Waals surface area contributed by atoms with Gasteiger partial charge in [0.25, 0.3) is 5.91 Å². The van der Waals surface area contributed by atoms with Gasteiger partial charge in [-0.15, -0.1) is 0 Å². The van der Waals surface area contributed by atoms with Gasteiger partial charge < -0.3 is 10.1 Å². The summed E-state index contributed by atoms with van der Waals surface area (Å²) >= 11 is 12.0. The quantitative estimate of drug-likeness (QED) is 0.722. The van der Waals surface area contributed by atoms with Gasteiger partial charge in [-0.05, 0) is 17.7 Å². The fraction of sp³-hybridized carbons (Fsp3) is 0.111. The van der Waals surface area contributed by atoms with Crippen molar-refractivity contribution < 1.29 is 9.53 Å². The van der Waals surface area contributed by atoms with E-state index in [1.165, 1.54) is 7.11 Å². The molecule has 4 nitrogen and oxygen atoms in total. The van der Waals surface area contributed by atoms with Gasteiger partial charge in [-0.3, -0.25) is 9.78 Å². The molecule has 0 spiro atoms. The van der Waals surface area contributed by atoms with E-state index >= 15 is 0 Å². The molecule has 1 amide bonds. The van der Waals surface area contributed by atoms with Crippen LogP contribution in [0.5, 0.6) is 0 Å². The molecule has 0 aliphatic rings. The molecular formula is C18H14Cl2N2O2. The normalized spacial score (nSPS) is 12.1. The minimum Gasteiger partial charge on any atom is -0.367 e. The molecule has 3 aromatic rings. The minimum absolute atomic E-state index is 0.311. The Bertz CT molecular complexity index is 894. The second-order valence-corrected chi connectivity index (χ2v) is 6.00. The Morgan fingerprint density at radius 1 is 1.12 bits per heavy atom. The van der Waals surface area contributed by atoms with E-state index in [-0.39, 0.29) is 5.91 Å². The van der Waals surface area contributed by atoms with E-state index in [2.05, 4.69) is 10.3 Å². The van der Waals surface area contributed by atoms with Crippen LogP contribution in [0.2, 0.25) is 10.0 Å². The van der Waals surface area contributed by atoms with Crippen molar-refractivity contribution in [1.29, 1.82) is 0 Å². The van der Waals surface area contributed by atoms with Crippen LogP contribution in [0.1, 0.15) is 11.7 Å². The molecule has 0 bridgehead atoms. The average Bonchev–Trinajstić information content (AvgIpc) is 2.59. The summed E-state index contributed by atoms with van der Waals surface area (Å²) in [6.07, 6.45) is 2.55. The number of benzene rings is 2. The Balaban J connectivity index is 1.90. The minimum atomic E-state index is -0.807. The Hall–Kier alpha value is -2.14. The van der Waals surface area contributed by atoms with E-state index in [1.807, 2.05) is 24.3 Å². The predicted molar refractivity (Wildman–Crippen MR) is 96.6 cm³/mol. The van der Waals surface area contributed by atoms with Crippen LogP contribution in [0.25, 0.3) is 10.8 Å². The first-order chi connectivity index (χ1) is 11.6. The molecule has 2 aromatic carbocycles. The third kappa shape index (κ3) is 3.36. The van der Waals surface area contributed by atoms with E-state index in [1.54, 1.807) is 30.6 Å². The van der Waals surface area contributed by atoms with Gasteiger partial charge in [-0.2, -0.15) is 0 Å². The van der Waals surface area contributed by atoms with Crippen molar-refractivity contribution in [3.8, 4) is 0 Å². The third-order valence-corrected chi connectivity index (χ3v) is 4.39. The molecule has 0 aliphatic carbocycles. The number of methoxy groups -OCH3 is 1. The maximum atomic E-state index is 12.6. The maximum absolute atomic E-state index is 12.6. The summed E-state index contributed by atoms with van der Waals surface area (Å²) in [7, 11) is 1.47. The molecule has 1 atom stereocenters. The van der Waals surface area contributed by atoms with Crippen molar-refractivity contribution >= 4 is 45.6 Å². The van der Waals surface area contributed by atoms with E-state index in [4.69, 9.17) is 27.9 Å². The second-order valence-electron chi connectivity index (χ2n) is 5.19. The van der Waals surface area contributed by atoms with Crippen LogP contribution in [0.15, 0.2) is 54.9 Å². The van der Waals surface area contributed by atoms with Crippen molar-refractivity contribution in [1.82, 2.24) is 4.98 Å². The van der Waals surface area contributed by atoms with Gasteiger partial charge >= 0.3 is 0 Å². The lowest BCUT2D eigenvalue weighted by atomic mass is 10.1. The van der Waals surface area contributed by atoms with Crippen LogP contribution in [-0.2, 0) is 9.53 Å². The molecule has 3 rings (SSSR count). The summed E-state index contributed by atoms with van der Waals surface area (Å²) < 4.78 is 5.34. The van der Waals surface area contributed by atoms with E-state index in [0.29, 0.717) is 21.3 Å². The molecule has 0 saturated heterocycles. The number of anilines is 1. The number of halogens is 2. The standard InChI is InChI=1S/C18H14Cl2N2O2/c1-24-17(11-6-7-14(19)15(20)8-11)18(23)22-16-10-21-9-12-4-2-3-5-13(12)16/h2-10,17H,1H3,(H,22,23). The molecule has 1 heterocycles. The van der Waals surface area contributed by atoms with Gasteiger partial charge in [0, 0.05) is 24.1 Å². The van der Waals surface area contributed by atoms with Crippen LogP contribution < -0.4 is 5.32 Å². The van der Waals surface area contributed by atoms with Crippen molar-refractivity contribution in [2.75, 3.05) is 12.4 Å². The Morgan fingerprint density at radius 2 is 1.92 bits per heavy atom. The number of hydrogen-bond acceptors (Lipinski definition) is 3. The summed E-state index contributed by atoms with van der Waals surface area (Å²) in [5.74, 6) is -0.311. The van der Waals surface area contributed by atoms with Gasteiger partial charge in [0.1, 0.15) is 0 Å². The number of pyridine rings is 1. The summed E-state index contributed by atoms with van der Waals surface area (Å²) in [6.45, 7) is 0. The zero-order chi connectivity index (χ0) is 17.1. The lowest BCUT2D eigenvalue weighted by Crippen LogP contribution is -2.22. The average molecular weight is 361 g/mol. The molecule has 6 heteroatoms. The number of hydrogen-bond donors (Lipinski definition) is 1. The summed E-state index contributed by atoms with van der Waals surface area (Å²) in [5, 5.41) is 5.51. The van der Waals surface area contributed by atoms with Crippen LogP contribution in [0.4, 0.5) is 5.69 Å². The molecule has 0 radical (unpaired) electrons. The molecule has 122 valence electrons. The Morgan fingerprint density at radius 3 is 2.67 bits per heavy atom. The zero-order valence-electron chi connectivity index (χ0n) is 12.8. The fourth-order valence-electron chi connectivity index (χ4n) is 2.48. The number of carbonyl (C=O) groups excluding carboxylic acids is 1. The van der Waals surface area contributed by atoms with Gasteiger partial charge in [0.2, 0.25) is 0 Å². The lowest BCUT2D eigenvalue weighted by molar-refractivity contribution is -0.126. The highest BCUT2D eigenvalue weighted by molar-refractivity contribution is 6.42. The van der Waals surface area contributed by atoms with E-state index in [9.17, 15) is 4.79 Å². The van der Waals surface area contributed by atoms with Gasteiger partial charge in [-0.25, -0.2) is 0 Å². The lowest BCUT2D eigenvalue weighted by Gasteiger charge is -2.17. The molecule has 0 fully saturated rings. The first-order valence-electron chi connectivity index (χ1n) is 7.21. The molecule has 0 saturated carbocycles. The van der Waals surface area contributed by atoms with Crippen LogP contribution in [0, 0.1) is 0 Å². The number of nitrogens with zero attached hydrogens (tertiary/aromatic N) is 1. The van der Waals surface area contributed by atoms with E-state index < -0.39 is 6.10 Å². The molecular weight excluding hydrogens is 347 g/mol. The highest BCUT2D eigenvalue weighted by Crippen LogP contribution is 2.28. The van der Waals surface area contributed by atoms with Gasteiger partial charge in [0.05, 0.1) is 21.9 Å². The van der Waals surface area contributed by atoms with E-state index in [0.717, 1.165) is 10.8 Å². The molecule has 1 N–H and O–H groups in total. The maximum Gasteiger partial charge on any atom is 0.258 e. The van der Waals surface area contributed by atoms with Crippen molar-refractivity contribution in [2.45, 2.75) is 6.10 Å². The molecule has 0 aliphatic heterocycles. The molecule has 1 unspecified atom stereocenters. The highest BCUT2D eigenvalue weighted by Gasteiger charge is 2.21. The largest absolute Gasteiger partial charge is 0.367 e. The number of carbonyl (C=O) groups is 1. The highest BCUT2D eigenvalue weighted by atomic mass is 35.5. The van der Waals surface area contributed by atoms with Gasteiger partial charge in [-0.1, -0.05) is 53.5 Å². The number of amides is 1. The third-order valence-electron chi connectivity index (χ3n) is 3.65. The number of ether oxygens (including phenoxy) is 1. The Labute approximate surface area is 149 Å². The zero-order valence-corrected chi connectivity index (χ0v) is 14.3. The summed E-state index contributed by atoms with van der Waals surface area (Å²) in [4.78, 5) is 16.8. The molecule has 1 aromatic heterocycles. The smallest absolute Gasteiger partial charge is 0.258 e. The van der Waals surface area contributed by atoms with Crippen molar-refractivity contribution in [3.63, 3.8) is 0 Å². The van der Waals surface area contributed by atoms with Crippen molar-refractivity contribution in [3.05, 3.63) is 70.5 Å². The second kappa shape index (κ2) is 7.18. The number of rotatable bonds is 4. The summed E-state index contributed by atoms with van der Waals surface area (Å²) in [6, 6.07) is 12.7. The number of nitrogens with one attached hydrogen (secondary N) is 1.